The lowest BCUT2D eigenvalue weighted by Crippen LogP contribution is -2.62. The summed E-state index contributed by atoms with van der Waals surface area (Å²) in [5.41, 5.74) is -0.212. The van der Waals surface area contributed by atoms with Crippen LogP contribution < -0.4 is 10.6 Å². The van der Waals surface area contributed by atoms with E-state index in [9.17, 15) is 4.79 Å². The highest BCUT2D eigenvalue weighted by molar-refractivity contribution is 5.86. The molecule has 0 radical (unpaired) electrons. The molecule has 0 aliphatic carbocycles. The van der Waals surface area contributed by atoms with E-state index >= 15 is 0 Å². The third-order valence-corrected chi connectivity index (χ3v) is 4.44. The molecule has 3 rings (SSSR count). The molecular formula is C17H34N6O. The predicted molar refractivity (Wildman–Crippen MR) is 98.3 cm³/mol. The van der Waals surface area contributed by atoms with Crippen LogP contribution in [0.2, 0.25) is 0 Å². The molecule has 24 heavy (non-hydrogen) atoms. The highest BCUT2D eigenvalue weighted by Gasteiger charge is 2.31. The summed E-state index contributed by atoms with van der Waals surface area (Å²) >= 11 is 0. The van der Waals surface area contributed by atoms with Crippen molar-refractivity contribution in [3.8, 4) is 0 Å². The van der Waals surface area contributed by atoms with Gasteiger partial charge in [-0.2, -0.15) is 0 Å². The van der Waals surface area contributed by atoms with Gasteiger partial charge in [0.2, 0.25) is 5.91 Å². The molecule has 2 bridgehead atoms. The highest BCUT2D eigenvalue weighted by Crippen LogP contribution is 2.15. The lowest BCUT2D eigenvalue weighted by atomic mass is 10.1. The Labute approximate surface area is 146 Å². The van der Waals surface area contributed by atoms with Crippen LogP contribution in [-0.4, -0.2) is 97.6 Å². The fourth-order valence-corrected chi connectivity index (χ4v) is 3.31. The Balaban J connectivity index is 1.91. The molecule has 0 aromatic rings. The number of rotatable bonds is 5. The summed E-state index contributed by atoms with van der Waals surface area (Å²) in [6.07, 6.45) is 0. The molecule has 0 saturated carbocycles. The van der Waals surface area contributed by atoms with E-state index in [1.54, 1.807) is 0 Å². The van der Waals surface area contributed by atoms with Gasteiger partial charge in [-0.3, -0.25) is 19.6 Å². The van der Waals surface area contributed by atoms with Crippen molar-refractivity contribution < 1.29 is 4.79 Å². The van der Waals surface area contributed by atoms with Gasteiger partial charge in [0.15, 0.2) is 5.96 Å². The largest absolute Gasteiger partial charge is 0.357 e. The van der Waals surface area contributed by atoms with Crippen molar-refractivity contribution in [2.24, 2.45) is 4.99 Å². The molecule has 0 aromatic heterocycles. The van der Waals surface area contributed by atoms with Crippen LogP contribution in [0.15, 0.2) is 4.99 Å². The zero-order valence-electron chi connectivity index (χ0n) is 15.9. The molecule has 3 saturated heterocycles. The van der Waals surface area contributed by atoms with Crippen molar-refractivity contribution in [1.29, 1.82) is 0 Å². The van der Waals surface area contributed by atoms with Gasteiger partial charge in [0.05, 0.1) is 13.1 Å². The Morgan fingerprint density at radius 3 is 2.42 bits per heavy atom. The number of carbonyl (C=O) groups excluding carboxylic acids is 1. The number of aliphatic imine (C=N–C) groups is 1. The number of amides is 1. The van der Waals surface area contributed by atoms with Gasteiger partial charge < -0.3 is 15.5 Å². The molecular weight excluding hydrogens is 304 g/mol. The van der Waals surface area contributed by atoms with E-state index in [-0.39, 0.29) is 11.4 Å². The first-order valence-electron chi connectivity index (χ1n) is 9.05. The maximum atomic E-state index is 12.1. The number of carbonyl (C=O) groups is 1. The maximum Gasteiger partial charge on any atom is 0.240 e. The minimum Gasteiger partial charge on any atom is -0.357 e. The SMILES string of the molecule is CCNC(=NCC1CN2CCN1CC2)N(C)CC(=O)NC(C)(C)C. The quantitative estimate of drug-likeness (QED) is 0.537. The summed E-state index contributed by atoms with van der Waals surface area (Å²) in [6, 6.07) is 0.498. The standard InChI is InChI=1S/C17H34N6O/c1-6-18-16(21(5)13-15(24)20-17(2,3)4)19-11-14-12-22-7-9-23(14)10-8-22/h14H,6-13H2,1-5H3,(H,18,19)(H,20,24). The zero-order chi connectivity index (χ0) is 17.7. The molecule has 3 fully saturated rings. The summed E-state index contributed by atoms with van der Waals surface area (Å²) in [7, 11) is 1.92. The van der Waals surface area contributed by atoms with Crippen LogP contribution in [0.1, 0.15) is 27.7 Å². The van der Waals surface area contributed by atoms with E-state index in [2.05, 4.69) is 27.4 Å². The van der Waals surface area contributed by atoms with Gasteiger partial charge in [0.25, 0.3) is 0 Å². The molecule has 0 spiro atoms. The third kappa shape index (κ3) is 5.63. The molecule has 7 heteroatoms. The van der Waals surface area contributed by atoms with Crippen LogP contribution >= 0.6 is 0 Å². The molecule has 1 amide bonds. The number of nitrogens with one attached hydrogen (secondary N) is 2. The van der Waals surface area contributed by atoms with E-state index in [1.165, 1.54) is 13.1 Å². The number of guanidine groups is 1. The smallest absolute Gasteiger partial charge is 0.240 e. The van der Waals surface area contributed by atoms with Crippen LogP contribution in [0, 0.1) is 0 Å². The topological polar surface area (TPSA) is 63.2 Å². The Hall–Kier alpha value is -1.34. The van der Waals surface area contributed by atoms with E-state index in [4.69, 9.17) is 4.99 Å². The molecule has 3 heterocycles. The fourth-order valence-electron chi connectivity index (χ4n) is 3.31. The van der Waals surface area contributed by atoms with Crippen molar-refractivity contribution in [3.63, 3.8) is 0 Å². The minimum absolute atomic E-state index is 0.0159. The van der Waals surface area contributed by atoms with Gasteiger partial charge in [-0.1, -0.05) is 0 Å². The molecule has 138 valence electrons. The van der Waals surface area contributed by atoms with E-state index in [0.29, 0.717) is 12.6 Å². The first-order chi connectivity index (χ1) is 11.3. The van der Waals surface area contributed by atoms with Crippen LogP contribution in [0.3, 0.4) is 0 Å². The van der Waals surface area contributed by atoms with E-state index < -0.39 is 0 Å². The number of likely N-dealkylation sites (N-methyl/N-ethyl adjacent to an activating group) is 1. The second kappa shape index (κ2) is 8.16. The Morgan fingerprint density at radius 1 is 1.25 bits per heavy atom. The van der Waals surface area contributed by atoms with Gasteiger partial charge in [-0.25, -0.2) is 0 Å². The maximum absolute atomic E-state index is 12.1. The number of nitrogens with zero attached hydrogens (tertiary/aromatic N) is 4. The predicted octanol–water partition coefficient (Wildman–Crippen LogP) is -0.202. The summed E-state index contributed by atoms with van der Waals surface area (Å²) in [6.45, 7) is 15.7. The minimum atomic E-state index is -0.212. The number of hydrogen-bond donors (Lipinski definition) is 2. The van der Waals surface area contributed by atoms with Gasteiger partial charge in [0.1, 0.15) is 0 Å². The molecule has 3 aliphatic rings. The van der Waals surface area contributed by atoms with Crippen molar-refractivity contribution in [2.75, 3.05) is 59.4 Å². The molecule has 1 unspecified atom stereocenters. The van der Waals surface area contributed by atoms with Crippen molar-refractivity contribution >= 4 is 11.9 Å². The van der Waals surface area contributed by atoms with Crippen LogP contribution in [0.25, 0.3) is 0 Å². The number of fused-ring (bicyclic) bond motifs is 3. The van der Waals surface area contributed by atoms with Crippen LogP contribution in [-0.2, 0) is 4.79 Å². The van der Waals surface area contributed by atoms with E-state index in [0.717, 1.165) is 38.7 Å². The van der Waals surface area contributed by atoms with E-state index in [1.807, 2.05) is 32.7 Å². The van der Waals surface area contributed by atoms with Gasteiger partial charge in [-0.15, -0.1) is 0 Å². The second-order valence-corrected chi connectivity index (χ2v) is 7.84. The number of piperazine rings is 3. The zero-order valence-corrected chi connectivity index (χ0v) is 15.9. The Bertz CT molecular complexity index is 450. The molecule has 7 nitrogen and oxygen atoms in total. The van der Waals surface area contributed by atoms with Crippen molar-refractivity contribution in [1.82, 2.24) is 25.3 Å². The van der Waals surface area contributed by atoms with Crippen molar-refractivity contribution in [2.45, 2.75) is 39.3 Å². The number of hydrogen-bond acceptors (Lipinski definition) is 4. The van der Waals surface area contributed by atoms with Crippen molar-refractivity contribution in [3.05, 3.63) is 0 Å². The second-order valence-electron chi connectivity index (χ2n) is 7.84. The summed E-state index contributed by atoms with van der Waals surface area (Å²) < 4.78 is 0. The first kappa shape index (κ1) is 19.0. The molecule has 0 aromatic carbocycles. The molecule has 1 atom stereocenters. The normalized spacial score (nSPS) is 27.0. The summed E-state index contributed by atoms with van der Waals surface area (Å²) in [5.74, 6) is 0.821. The van der Waals surface area contributed by atoms with Gasteiger partial charge in [-0.05, 0) is 27.7 Å². The Kier molecular flexibility index (Phi) is 6.46. The summed E-state index contributed by atoms with van der Waals surface area (Å²) in [5, 5.41) is 6.29. The lowest BCUT2D eigenvalue weighted by molar-refractivity contribution is -0.122. The monoisotopic (exact) mass is 338 g/mol. The fraction of sp³-hybridized carbons (Fsp3) is 0.882. The van der Waals surface area contributed by atoms with Crippen LogP contribution in [0.5, 0.6) is 0 Å². The van der Waals surface area contributed by atoms with Gasteiger partial charge in [0, 0.05) is 57.9 Å². The van der Waals surface area contributed by atoms with Crippen LogP contribution in [0.4, 0.5) is 0 Å². The lowest BCUT2D eigenvalue weighted by Gasteiger charge is -2.47. The third-order valence-electron chi connectivity index (χ3n) is 4.44. The first-order valence-corrected chi connectivity index (χ1v) is 9.05. The van der Waals surface area contributed by atoms with Gasteiger partial charge >= 0.3 is 0 Å². The average Bonchev–Trinajstić information content (AvgIpc) is 2.50. The Morgan fingerprint density at radius 2 is 1.92 bits per heavy atom. The highest BCUT2D eigenvalue weighted by atomic mass is 16.2. The molecule has 3 aliphatic heterocycles. The molecule has 2 N–H and O–H groups in total. The summed E-state index contributed by atoms with van der Waals surface area (Å²) in [4.78, 5) is 23.9. The average molecular weight is 339 g/mol.